The Bertz CT molecular complexity index is 398. The number of aliphatic hydroxyl groups is 1. The van der Waals surface area contributed by atoms with Crippen molar-refractivity contribution in [3.63, 3.8) is 0 Å². The second-order valence-electron chi connectivity index (χ2n) is 3.08. The summed E-state index contributed by atoms with van der Waals surface area (Å²) in [5.41, 5.74) is 0. The average molecular weight is 219 g/mol. The Hall–Kier alpha value is -0.920. The molecule has 0 aliphatic rings. The van der Waals surface area contributed by atoms with E-state index in [4.69, 9.17) is 5.11 Å². The second kappa shape index (κ2) is 4.07. The summed E-state index contributed by atoms with van der Waals surface area (Å²) < 4.78 is 26.9. The molecule has 0 unspecified atom stereocenters. The number of aromatic nitrogens is 2. The van der Waals surface area contributed by atoms with Crippen LogP contribution < -0.4 is 4.72 Å². The molecule has 0 radical (unpaired) electrons. The fraction of sp³-hybridized carbons (Fsp3) is 0.571. The monoisotopic (exact) mass is 219 g/mol. The standard InChI is InChI=1S/C7H13N3O3S/c1-6(4-11)9-14(12,13)7-3-10(2)5-8-7/h3,5-6,9,11H,4H2,1-2H3/t6-/m0/s1. The molecule has 0 saturated carbocycles. The zero-order valence-electron chi connectivity index (χ0n) is 8.01. The third kappa shape index (κ3) is 2.53. The number of hydrogen-bond donors (Lipinski definition) is 2. The Morgan fingerprint density at radius 1 is 1.71 bits per heavy atom. The summed E-state index contributed by atoms with van der Waals surface area (Å²) in [6.07, 6.45) is 2.80. The molecule has 0 bridgehead atoms. The maximum Gasteiger partial charge on any atom is 0.259 e. The lowest BCUT2D eigenvalue weighted by atomic mass is 10.4. The van der Waals surface area contributed by atoms with Gasteiger partial charge >= 0.3 is 0 Å². The Labute approximate surface area is 82.6 Å². The number of nitrogens with zero attached hydrogens (tertiary/aromatic N) is 2. The molecule has 80 valence electrons. The van der Waals surface area contributed by atoms with Gasteiger partial charge < -0.3 is 9.67 Å². The van der Waals surface area contributed by atoms with Gasteiger partial charge in [0.1, 0.15) is 0 Å². The van der Waals surface area contributed by atoms with Crippen LogP contribution in [0.2, 0.25) is 0 Å². The molecule has 0 aliphatic carbocycles. The zero-order chi connectivity index (χ0) is 10.8. The Balaban J connectivity index is 2.86. The molecule has 7 heteroatoms. The van der Waals surface area contributed by atoms with Gasteiger partial charge in [-0.05, 0) is 6.92 Å². The first kappa shape index (κ1) is 11.2. The minimum atomic E-state index is -3.59. The molecule has 14 heavy (non-hydrogen) atoms. The van der Waals surface area contributed by atoms with Crippen molar-refractivity contribution in [1.29, 1.82) is 0 Å². The lowest BCUT2D eigenvalue weighted by Gasteiger charge is -2.08. The predicted octanol–water partition coefficient (Wildman–Crippen LogP) is -0.921. The molecule has 0 spiro atoms. The van der Waals surface area contributed by atoms with E-state index in [9.17, 15) is 8.42 Å². The van der Waals surface area contributed by atoms with Crippen molar-refractivity contribution in [3.05, 3.63) is 12.5 Å². The van der Waals surface area contributed by atoms with Crippen LogP contribution in [-0.4, -0.2) is 35.7 Å². The third-order valence-corrected chi connectivity index (χ3v) is 3.06. The molecule has 6 nitrogen and oxygen atoms in total. The Kier molecular flexibility index (Phi) is 3.25. The van der Waals surface area contributed by atoms with Crippen molar-refractivity contribution in [2.45, 2.75) is 18.0 Å². The van der Waals surface area contributed by atoms with E-state index >= 15 is 0 Å². The van der Waals surface area contributed by atoms with Crippen LogP contribution in [0.3, 0.4) is 0 Å². The van der Waals surface area contributed by atoms with E-state index in [-0.39, 0.29) is 11.6 Å². The largest absolute Gasteiger partial charge is 0.395 e. The molecule has 1 rings (SSSR count). The summed E-state index contributed by atoms with van der Waals surface area (Å²) in [4.78, 5) is 3.71. The van der Waals surface area contributed by atoms with Crippen LogP contribution in [0.4, 0.5) is 0 Å². The smallest absolute Gasteiger partial charge is 0.259 e. The molecule has 1 aromatic heterocycles. The fourth-order valence-corrected chi connectivity index (χ4v) is 2.11. The van der Waals surface area contributed by atoms with Gasteiger partial charge in [-0.15, -0.1) is 0 Å². The van der Waals surface area contributed by atoms with E-state index in [1.807, 2.05) is 0 Å². The molecular formula is C7H13N3O3S. The Morgan fingerprint density at radius 2 is 2.36 bits per heavy atom. The highest BCUT2D eigenvalue weighted by molar-refractivity contribution is 7.89. The van der Waals surface area contributed by atoms with Crippen LogP contribution in [0.1, 0.15) is 6.92 Å². The van der Waals surface area contributed by atoms with Gasteiger partial charge in [0.25, 0.3) is 10.0 Å². The summed E-state index contributed by atoms with van der Waals surface area (Å²) >= 11 is 0. The van der Waals surface area contributed by atoms with Gasteiger partial charge in [-0.1, -0.05) is 0 Å². The first-order chi connectivity index (χ1) is 6.45. The van der Waals surface area contributed by atoms with Crippen LogP contribution in [0, 0.1) is 0 Å². The third-order valence-electron chi connectivity index (χ3n) is 1.59. The van der Waals surface area contributed by atoms with E-state index < -0.39 is 16.1 Å². The highest BCUT2D eigenvalue weighted by Gasteiger charge is 2.18. The maximum atomic E-state index is 11.5. The van der Waals surface area contributed by atoms with Crippen molar-refractivity contribution in [2.24, 2.45) is 7.05 Å². The molecule has 0 saturated heterocycles. The molecule has 0 aromatic carbocycles. The van der Waals surface area contributed by atoms with Crippen molar-refractivity contribution >= 4 is 10.0 Å². The number of rotatable bonds is 4. The van der Waals surface area contributed by atoms with E-state index in [0.29, 0.717) is 0 Å². The van der Waals surface area contributed by atoms with Crippen LogP contribution >= 0.6 is 0 Å². The normalized spacial score (nSPS) is 14.2. The summed E-state index contributed by atoms with van der Waals surface area (Å²) in [6.45, 7) is 1.33. The van der Waals surface area contributed by atoms with Crippen LogP contribution in [-0.2, 0) is 17.1 Å². The second-order valence-corrected chi connectivity index (χ2v) is 4.74. The summed E-state index contributed by atoms with van der Waals surface area (Å²) in [5, 5.41) is 8.66. The van der Waals surface area contributed by atoms with E-state index in [1.165, 1.54) is 17.1 Å². The SMILES string of the molecule is C[C@@H](CO)NS(=O)(=O)c1cn(C)cn1. The summed E-state index contributed by atoms with van der Waals surface area (Å²) in [5.74, 6) is 0. The number of aryl methyl sites for hydroxylation is 1. The van der Waals surface area contributed by atoms with Gasteiger partial charge in [-0.3, -0.25) is 0 Å². The first-order valence-electron chi connectivity index (χ1n) is 4.07. The molecule has 1 heterocycles. The van der Waals surface area contributed by atoms with Crippen molar-refractivity contribution < 1.29 is 13.5 Å². The zero-order valence-corrected chi connectivity index (χ0v) is 8.82. The van der Waals surface area contributed by atoms with Gasteiger partial charge in [0.2, 0.25) is 0 Å². The number of hydrogen-bond acceptors (Lipinski definition) is 4. The molecule has 1 atom stereocenters. The first-order valence-corrected chi connectivity index (χ1v) is 5.55. The van der Waals surface area contributed by atoms with Crippen LogP contribution in [0.5, 0.6) is 0 Å². The van der Waals surface area contributed by atoms with Crippen LogP contribution in [0.15, 0.2) is 17.6 Å². The molecular weight excluding hydrogens is 206 g/mol. The van der Waals surface area contributed by atoms with Crippen molar-refractivity contribution in [3.8, 4) is 0 Å². The quantitative estimate of drug-likeness (QED) is 0.686. The van der Waals surface area contributed by atoms with Gasteiger partial charge in [-0.25, -0.2) is 18.1 Å². The van der Waals surface area contributed by atoms with Gasteiger partial charge in [-0.2, -0.15) is 0 Å². The molecule has 1 aromatic rings. The minimum Gasteiger partial charge on any atom is -0.395 e. The molecule has 0 fully saturated rings. The van der Waals surface area contributed by atoms with E-state index in [0.717, 1.165) is 0 Å². The van der Waals surface area contributed by atoms with Gasteiger partial charge in [0, 0.05) is 19.3 Å². The highest BCUT2D eigenvalue weighted by Crippen LogP contribution is 2.04. The average Bonchev–Trinajstić information content (AvgIpc) is 2.51. The van der Waals surface area contributed by atoms with E-state index in [2.05, 4.69) is 9.71 Å². The lowest BCUT2D eigenvalue weighted by molar-refractivity contribution is 0.265. The van der Waals surface area contributed by atoms with E-state index in [1.54, 1.807) is 14.0 Å². The maximum absolute atomic E-state index is 11.5. The van der Waals surface area contributed by atoms with Crippen LogP contribution in [0.25, 0.3) is 0 Å². The van der Waals surface area contributed by atoms with Gasteiger partial charge in [0.05, 0.1) is 12.9 Å². The molecule has 0 aliphatic heterocycles. The van der Waals surface area contributed by atoms with Crippen molar-refractivity contribution in [1.82, 2.24) is 14.3 Å². The number of aliphatic hydroxyl groups excluding tert-OH is 1. The number of sulfonamides is 1. The minimum absolute atomic E-state index is 0.0414. The van der Waals surface area contributed by atoms with Crippen molar-refractivity contribution in [2.75, 3.05) is 6.61 Å². The topological polar surface area (TPSA) is 84.2 Å². The predicted molar refractivity (Wildman–Crippen MR) is 50.1 cm³/mol. The Morgan fingerprint density at radius 3 is 2.79 bits per heavy atom. The lowest BCUT2D eigenvalue weighted by Crippen LogP contribution is -2.35. The number of nitrogens with one attached hydrogen (secondary N) is 1. The highest BCUT2D eigenvalue weighted by atomic mass is 32.2. The number of imidazole rings is 1. The molecule has 0 amide bonds. The molecule has 2 N–H and O–H groups in total. The summed E-state index contributed by atoms with van der Waals surface area (Å²) in [6, 6.07) is -0.512. The fourth-order valence-electron chi connectivity index (χ4n) is 0.890. The van der Waals surface area contributed by atoms with Gasteiger partial charge in [0.15, 0.2) is 5.03 Å². The summed E-state index contributed by atoms with van der Waals surface area (Å²) in [7, 11) is -1.91.